The fourth-order valence-electron chi connectivity index (χ4n) is 1.85. The Hall–Kier alpha value is -0.140. The van der Waals surface area contributed by atoms with Crippen LogP contribution in [-0.2, 0) is 23.1 Å². The highest BCUT2D eigenvalue weighted by molar-refractivity contribution is 14.1. The molecule has 0 aromatic carbocycles. The monoisotopic (exact) mass is 336 g/mol. The van der Waals surface area contributed by atoms with Crippen molar-refractivity contribution < 1.29 is 9.47 Å². The van der Waals surface area contributed by atoms with E-state index < -0.39 is 0 Å². The fraction of sp³-hybridized carbons (Fsp3) is 0.727. The highest BCUT2D eigenvalue weighted by Gasteiger charge is 2.17. The zero-order valence-electron chi connectivity index (χ0n) is 9.70. The molecule has 1 aromatic heterocycles. The van der Waals surface area contributed by atoms with Crippen molar-refractivity contribution in [2.45, 2.75) is 39.1 Å². The number of aromatic nitrogens is 2. The van der Waals surface area contributed by atoms with Crippen LogP contribution < -0.4 is 0 Å². The van der Waals surface area contributed by atoms with Gasteiger partial charge in [0, 0.05) is 13.7 Å². The van der Waals surface area contributed by atoms with Crippen LogP contribution in [0.15, 0.2) is 0 Å². The second-order valence-electron chi connectivity index (χ2n) is 4.08. The van der Waals surface area contributed by atoms with Gasteiger partial charge < -0.3 is 9.47 Å². The summed E-state index contributed by atoms with van der Waals surface area (Å²) < 4.78 is 14.4. The first-order valence-corrected chi connectivity index (χ1v) is 6.67. The second kappa shape index (κ2) is 5.46. The lowest BCUT2D eigenvalue weighted by molar-refractivity contribution is -0.170. The van der Waals surface area contributed by atoms with Gasteiger partial charge in [0.05, 0.1) is 21.6 Å². The molecule has 2 heterocycles. The molecule has 1 aromatic rings. The molecule has 1 fully saturated rings. The third-order valence-corrected chi connectivity index (χ3v) is 4.21. The summed E-state index contributed by atoms with van der Waals surface area (Å²) in [6, 6.07) is 0. The Bertz CT molecular complexity index is 359. The highest BCUT2D eigenvalue weighted by atomic mass is 127. The Morgan fingerprint density at radius 1 is 1.56 bits per heavy atom. The first kappa shape index (κ1) is 12.3. The van der Waals surface area contributed by atoms with Crippen LogP contribution in [0.4, 0.5) is 0 Å². The third-order valence-electron chi connectivity index (χ3n) is 2.81. The van der Waals surface area contributed by atoms with E-state index in [0.717, 1.165) is 30.8 Å². The lowest BCUT2D eigenvalue weighted by Gasteiger charge is -2.22. The zero-order valence-corrected chi connectivity index (χ0v) is 11.9. The van der Waals surface area contributed by atoms with Crippen LogP contribution in [0.5, 0.6) is 0 Å². The van der Waals surface area contributed by atoms with Crippen molar-refractivity contribution in [2.75, 3.05) is 6.61 Å². The third kappa shape index (κ3) is 2.75. The van der Waals surface area contributed by atoms with Crippen LogP contribution in [0.25, 0.3) is 0 Å². The van der Waals surface area contributed by atoms with Gasteiger partial charge in [-0.25, -0.2) is 0 Å². The van der Waals surface area contributed by atoms with E-state index in [1.54, 1.807) is 0 Å². The van der Waals surface area contributed by atoms with E-state index in [1.807, 2.05) is 18.7 Å². The number of hydrogen-bond acceptors (Lipinski definition) is 3. The average molecular weight is 336 g/mol. The van der Waals surface area contributed by atoms with Gasteiger partial charge in [0.15, 0.2) is 6.29 Å². The van der Waals surface area contributed by atoms with Crippen LogP contribution in [0.1, 0.15) is 30.7 Å². The number of halogens is 1. The molecule has 0 aliphatic carbocycles. The van der Waals surface area contributed by atoms with Crippen LogP contribution in [0, 0.1) is 10.5 Å². The van der Waals surface area contributed by atoms with Crippen LogP contribution >= 0.6 is 22.6 Å². The molecule has 0 radical (unpaired) electrons. The maximum absolute atomic E-state index is 5.76. The fourth-order valence-corrected chi connectivity index (χ4v) is 2.46. The molecule has 90 valence electrons. The molecule has 2 rings (SSSR count). The molecule has 0 amide bonds. The Labute approximate surface area is 109 Å². The molecule has 0 bridgehead atoms. The molecule has 1 unspecified atom stereocenters. The summed E-state index contributed by atoms with van der Waals surface area (Å²) in [6.07, 6.45) is 3.33. The Kier molecular flexibility index (Phi) is 4.21. The molecule has 1 aliphatic heterocycles. The molecule has 16 heavy (non-hydrogen) atoms. The molecule has 1 saturated heterocycles. The first-order chi connectivity index (χ1) is 7.68. The molecule has 0 saturated carbocycles. The molecule has 1 aliphatic rings. The summed E-state index contributed by atoms with van der Waals surface area (Å²) in [7, 11) is 1.95. The van der Waals surface area contributed by atoms with E-state index in [-0.39, 0.29) is 6.29 Å². The maximum atomic E-state index is 5.76. The van der Waals surface area contributed by atoms with Crippen LogP contribution in [0.2, 0.25) is 0 Å². The van der Waals surface area contributed by atoms with Crippen molar-refractivity contribution in [3.05, 3.63) is 15.0 Å². The van der Waals surface area contributed by atoms with E-state index in [0.29, 0.717) is 6.61 Å². The predicted molar refractivity (Wildman–Crippen MR) is 69.0 cm³/mol. The van der Waals surface area contributed by atoms with Gasteiger partial charge in [0.2, 0.25) is 0 Å². The van der Waals surface area contributed by atoms with Crippen molar-refractivity contribution in [1.82, 2.24) is 9.78 Å². The Morgan fingerprint density at radius 3 is 2.94 bits per heavy atom. The Morgan fingerprint density at radius 2 is 2.38 bits per heavy atom. The largest absolute Gasteiger partial charge is 0.353 e. The quantitative estimate of drug-likeness (QED) is 0.796. The number of nitrogens with zero attached hydrogens (tertiary/aromatic N) is 2. The second-order valence-corrected chi connectivity index (χ2v) is 5.16. The average Bonchev–Trinajstić information content (AvgIpc) is 2.53. The number of ether oxygens (including phenoxy) is 2. The first-order valence-electron chi connectivity index (χ1n) is 5.59. The van der Waals surface area contributed by atoms with Crippen LogP contribution in [0.3, 0.4) is 0 Å². The van der Waals surface area contributed by atoms with Gasteiger partial charge in [-0.2, -0.15) is 5.10 Å². The molecule has 4 nitrogen and oxygen atoms in total. The van der Waals surface area contributed by atoms with Crippen molar-refractivity contribution in [3.8, 4) is 0 Å². The Balaban J connectivity index is 1.93. The maximum Gasteiger partial charge on any atom is 0.158 e. The molecule has 1 atom stereocenters. The summed E-state index contributed by atoms with van der Waals surface area (Å²) in [5.41, 5.74) is 2.19. The van der Waals surface area contributed by atoms with E-state index in [4.69, 9.17) is 9.47 Å². The molecule has 0 N–H and O–H groups in total. The SMILES string of the molecule is Cc1nn(C)c(COC2CCCCO2)c1I. The van der Waals surface area contributed by atoms with Crippen molar-refractivity contribution in [1.29, 1.82) is 0 Å². The summed E-state index contributed by atoms with van der Waals surface area (Å²) in [6.45, 7) is 3.43. The van der Waals surface area contributed by atoms with Crippen molar-refractivity contribution in [3.63, 3.8) is 0 Å². The number of aryl methyl sites for hydroxylation is 2. The molecule has 5 heteroatoms. The van der Waals surface area contributed by atoms with Gasteiger partial charge in [-0.1, -0.05) is 0 Å². The smallest absolute Gasteiger partial charge is 0.158 e. The van der Waals surface area contributed by atoms with Crippen molar-refractivity contribution in [2.24, 2.45) is 7.05 Å². The lowest BCUT2D eigenvalue weighted by Crippen LogP contribution is -2.22. The van der Waals surface area contributed by atoms with Gasteiger partial charge in [-0.3, -0.25) is 4.68 Å². The van der Waals surface area contributed by atoms with E-state index in [9.17, 15) is 0 Å². The van der Waals surface area contributed by atoms with E-state index in [2.05, 4.69) is 27.7 Å². The van der Waals surface area contributed by atoms with Crippen molar-refractivity contribution >= 4 is 22.6 Å². The van der Waals surface area contributed by atoms with Gasteiger partial charge in [0.1, 0.15) is 0 Å². The summed E-state index contributed by atoms with van der Waals surface area (Å²) in [5, 5.41) is 4.36. The van der Waals surface area contributed by atoms with Gasteiger partial charge in [0.25, 0.3) is 0 Å². The van der Waals surface area contributed by atoms with E-state index >= 15 is 0 Å². The summed E-state index contributed by atoms with van der Waals surface area (Å²) in [5.74, 6) is 0. The summed E-state index contributed by atoms with van der Waals surface area (Å²) >= 11 is 2.32. The predicted octanol–water partition coefficient (Wildman–Crippen LogP) is 2.38. The van der Waals surface area contributed by atoms with Crippen LogP contribution in [-0.4, -0.2) is 22.7 Å². The number of hydrogen-bond donors (Lipinski definition) is 0. The molecular weight excluding hydrogens is 319 g/mol. The topological polar surface area (TPSA) is 36.3 Å². The lowest BCUT2D eigenvalue weighted by atomic mass is 10.2. The highest BCUT2D eigenvalue weighted by Crippen LogP contribution is 2.19. The molecular formula is C11H17IN2O2. The van der Waals surface area contributed by atoms with E-state index in [1.165, 1.54) is 9.99 Å². The normalized spacial score (nSPS) is 21.3. The minimum atomic E-state index is -0.0280. The van der Waals surface area contributed by atoms with Gasteiger partial charge >= 0.3 is 0 Å². The van der Waals surface area contributed by atoms with Gasteiger partial charge in [-0.15, -0.1) is 0 Å². The summed E-state index contributed by atoms with van der Waals surface area (Å²) in [4.78, 5) is 0. The molecule has 0 spiro atoms. The van der Waals surface area contributed by atoms with Gasteiger partial charge in [-0.05, 0) is 48.8 Å². The minimum Gasteiger partial charge on any atom is -0.353 e. The number of rotatable bonds is 3. The minimum absolute atomic E-state index is 0.0280. The standard InChI is InChI=1S/C11H17IN2O2/c1-8-11(12)9(14(2)13-8)7-16-10-5-3-4-6-15-10/h10H,3-7H2,1-2H3. The zero-order chi connectivity index (χ0) is 11.5.